The largest absolute Gasteiger partial charge is 0.368 e. The van der Waals surface area contributed by atoms with Crippen molar-refractivity contribution in [3.63, 3.8) is 0 Å². The molecule has 2 aromatic heterocycles. The van der Waals surface area contributed by atoms with Crippen molar-refractivity contribution >= 4 is 39.3 Å². The Balaban J connectivity index is 2.04. The van der Waals surface area contributed by atoms with Gasteiger partial charge in [-0.25, -0.2) is 9.97 Å². The molecule has 0 aliphatic carbocycles. The number of benzene rings is 1. The number of anilines is 1. The molecular weight excluding hydrogens is 274 g/mol. The minimum Gasteiger partial charge on any atom is -0.368 e. The highest BCUT2D eigenvalue weighted by atomic mass is 32.2. The van der Waals surface area contributed by atoms with E-state index in [1.165, 1.54) is 16.0 Å². The topological polar surface area (TPSA) is 51.8 Å². The fourth-order valence-electron chi connectivity index (χ4n) is 1.81. The first-order valence-electron chi connectivity index (χ1n) is 5.89. The van der Waals surface area contributed by atoms with E-state index in [9.17, 15) is 0 Å². The van der Waals surface area contributed by atoms with Gasteiger partial charge in [0, 0.05) is 10.3 Å². The lowest BCUT2D eigenvalue weighted by atomic mass is 10.1. The van der Waals surface area contributed by atoms with Crippen LogP contribution in [0.3, 0.4) is 0 Å². The van der Waals surface area contributed by atoms with Crippen LogP contribution in [0, 0.1) is 13.8 Å². The van der Waals surface area contributed by atoms with Crippen LogP contribution in [0.1, 0.15) is 11.1 Å². The van der Waals surface area contributed by atoms with E-state index in [-0.39, 0.29) is 0 Å². The second kappa shape index (κ2) is 4.83. The fourth-order valence-corrected chi connectivity index (χ4v) is 3.66. The summed E-state index contributed by atoms with van der Waals surface area (Å²) in [6.07, 6.45) is 0. The molecule has 0 saturated carbocycles. The summed E-state index contributed by atoms with van der Waals surface area (Å²) in [6, 6.07) is 8.47. The Morgan fingerprint density at radius 2 is 1.95 bits per heavy atom. The molecule has 3 rings (SSSR count). The minimum absolute atomic E-state index is 0.335. The summed E-state index contributed by atoms with van der Waals surface area (Å²) in [5.74, 6) is 0.335. The molecule has 19 heavy (non-hydrogen) atoms. The molecule has 0 atom stereocenters. The second-order valence-corrected chi connectivity index (χ2v) is 6.33. The van der Waals surface area contributed by atoms with Gasteiger partial charge < -0.3 is 5.73 Å². The third-order valence-corrected chi connectivity index (χ3v) is 4.80. The summed E-state index contributed by atoms with van der Waals surface area (Å²) in [5, 5.41) is 4.01. The van der Waals surface area contributed by atoms with Crippen molar-refractivity contribution < 1.29 is 0 Å². The van der Waals surface area contributed by atoms with E-state index in [0.717, 1.165) is 15.2 Å². The third-order valence-electron chi connectivity index (χ3n) is 3.00. The van der Waals surface area contributed by atoms with Gasteiger partial charge in [0.2, 0.25) is 5.95 Å². The predicted octanol–water partition coefficient (Wildman–Crippen LogP) is 4.04. The number of aromatic nitrogens is 2. The van der Waals surface area contributed by atoms with E-state index < -0.39 is 0 Å². The summed E-state index contributed by atoms with van der Waals surface area (Å²) in [6.45, 7) is 4.23. The summed E-state index contributed by atoms with van der Waals surface area (Å²) < 4.78 is 0. The number of thiophene rings is 1. The number of aryl methyl sites for hydroxylation is 2. The highest BCUT2D eigenvalue weighted by Crippen LogP contribution is 2.34. The smallest absolute Gasteiger partial charge is 0.222 e. The van der Waals surface area contributed by atoms with Crippen molar-refractivity contribution in [2.45, 2.75) is 23.8 Å². The molecule has 3 nitrogen and oxygen atoms in total. The SMILES string of the molecule is Cc1ccc(Sc2nc(N)nc3sccc23)cc1C. The van der Waals surface area contributed by atoms with Crippen LogP contribution in [0.15, 0.2) is 39.6 Å². The number of nitrogens with zero attached hydrogens (tertiary/aromatic N) is 2. The number of nitrogens with two attached hydrogens (primary N) is 1. The van der Waals surface area contributed by atoms with Gasteiger partial charge in [0.15, 0.2) is 0 Å². The van der Waals surface area contributed by atoms with Crippen LogP contribution in [0.2, 0.25) is 0 Å². The number of hydrogen-bond donors (Lipinski definition) is 1. The maximum Gasteiger partial charge on any atom is 0.222 e. The molecule has 0 aliphatic rings. The molecule has 0 amide bonds. The minimum atomic E-state index is 0.335. The second-order valence-electron chi connectivity index (χ2n) is 4.37. The van der Waals surface area contributed by atoms with Gasteiger partial charge in [-0.2, -0.15) is 0 Å². The Kier molecular flexibility index (Phi) is 3.16. The molecule has 1 aromatic carbocycles. The zero-order valence-corrected chi connectivity index (χ0v) is 12.3. The van der Waals surface area contributed by atoms with Crippen molar-refractivity contribution in [1.29, 1.82) is 0 Å². The monoisotopic (exact) mass is 287 g/mol. The summed E-state index contributed by atoms with van der Waals surface area (Å²) >= 11 is 3.22. The highest BCUT2D eigenvalue weighted by Gasteiger charge is 2.09. The Morgan fingerprint density at radius 3 is 2.74 bits per heavy atom. The Labute approximate surface area is 119 Å². The molecule has 0 fully saturated rings. The lowest BCUT2D eigenvalue weighted by molar-refractivity contribution is 1.12. The molecule has 0 radical (unpaired) electrons. The zero-order chi connectivity index (χ0) is 13.4. The number of rotatable bonds is 2. The van der Waals surface area contributed by atoms with E-state index in [4.69, 9.17) is 5.73 Å². The fraction of sp³-hybridized carbons (Fsp3) is 0.143. The lowest BCUT2D eigenvalue weighted by Crippen LogP contribution is -1.95. The van der Waals surface area contributed by atoms with Crippen molar-refractivity contribution in [2.75, 3.05) is 5.73 Å². The first-order valence-corrected chi connectivity index (χ1v) is 7.59. The molecule has 0 unspecified atom stereocenters. The Morgan fingerprint density at radius 1 is 1.11 bits per heavy atom. The molecule has 2 N–H and O–H groups in total. The normalized spacial score (nSPS) is 11.1. The van der Waals surface area contributed by atoms with Gasteiger partial charge in [0.05, 0.1) is 0 Å². The van der Waals surface area contributed by atoms with Gasteiger partial charge in [0.25, 0.3) is 0 Å². The first-order chi connectivity index (χ1) is 9.13. The van der Waals surface area contributed by atoms with E-state index >= 15 is 0 Å². The average molecular weight is 287 g/mol. The highest BCUT2D eigenvalue weighted by molar-refractivity contribution is 7.99. The van der Waals surface area contributed by atoms with Gasteiger partial charge >= 0.3 is 0 Å². The Bertz CT molecular complexity index is 750. The molecule has 2 heterocycles. The molecule has 96 valence electrons. The van der Waals surface area contributed by atoms with Crippen molar-refractivity contribution in [3.05, 3.63) is 40.8 Å². The Hall–Kier alpha value is -1.59. The molecule has 0 aliphatic heterocycles. The standard InChI is InChI=1S/C14H13N3S2/c1-8-3-4-10(7-9(8)2)19-13-11-5-6-18-12(11)16-14(15)17-13/h3-7H,1-2H3,(H2,15,16,17). The van der Waals surface area contributed by atoms with Crippen molar-refractivity contribution in [1.82, 2.24) is 9.97 Å². The number of fused-ring (bicyclic) bond motifs is 1. The van der Waals surface area contributed by atoms with Crippen molar-refractivity contribution in [3.8, 4) is 0 Å². The maximum absolute atomic E-state index is 5.76. The van der Waals surface area contributed by atoms with Crippen LogP contribution in [-0.2, 0) is 0 Å². The van der Waals surface area contributed by atoms with Crippen LogP contribution in [0.4, 0.5) is 5.95 Å². The van der Waals surface area contributed by atoms with Gasteiger partial charge in [0.1, 0.15) is 9.86 Å². The quantitative estimate of drug-likeness (QED) is 0.723. The number of nitrogen functional groups attached to an aromatic ring is 1. The van der Waals surface area contributed by atoms with E-state index in [1.807, 2.05) is 11.4 Å². The van der Waals surface area contributed by atoms with Gasteiger partial charge in [-0.15, -0.1) is 11.3 Å². The number of hydrogen-bond acceptors (Lipinski definition) is 5. The molecular formula is C14H13N3S2. The van der Waals surface area contributed by atoms with Crippen LogP contribution in [0.5, 0.6) is 0 Å². The molecule has 0 saturated heterocycles. The molecule has 0 spiro atoms. The molecule has 5 heteroatoms. The summed E-state index contributed by atoms with van der Waals surface area (Å²) in [7, 11) is 0. The van der Waals surface area contributed by atoms with Crippen LogP contribution in [0.25, 0.3) is 10.2 Å². The predicted molar refractivity (Wildman–Crippen MR) is 81.9 cm³/mol. The van der Waals surface area contributed by atoms with Crippen molar-refractivity contribution in [2.24, 2.45) is 0 Å². The summed E-state index contributed by atoms with van der Waals surface area (Å²) in [4.78, 5) is 10.7. The van der Waals surface area contributed by atoms with Gasteiger partial charge in [-0.1, -0.05) is 17.8 Å². The zero-order valence-electron chi connectivity index (χ0n) is 10.7. The first kappa shape index (κ1) is 12.4. The van der Waals surface area contributed by atoms with E-state index in [0.29, 0.717) is 5.95 Å². The average Bonchev–Trinajstić information content (AvgIpc) is 2.82. The third kappa shape index (κ3) is 2.43. The van der Waals surface area contributed by atoms with E-state index in [2.05, 4.69) is 42.0 Å². The van der Waals surface area contributed by atoms with Crippen LogP contribution < -0.4 is 5.73 Å². The van der Waals surface area contributed by atoms with Gasteiger partial charge in [-0.05, 0) is 48.6 Å². The lowest BCUT2D eigenvalue weighted by Gasteiger charge is -2.06. The van der Waals surface area contributed by atoms with Gasteiger partial charge in [-0.3, -0.25) is 0 Å². The van der Waals surface area contributed by atoms with Crippen LogP contribution >= 0.6 is 23.1 Å². The maximum atomic E-state index is 5.76. The summed E-state index contributed by atoms with van der Waals surface area (Å²) in [5.41, 5.74) is 8.35. The van der Waals surface area contributed by atoms with E-state index in [1.54, 1.807) is 23.1 Å². The molecule has 0 bridgehead atoms. The van der Waals surface area contributed by atoms with Crippen LogP contribution in [-0.4, -0.2) is 9.97 Å². The molecule has 3 aromatic rings.